The zero-order valence-electron chi connectivity index (χ0n) is 25.1. The van der Waals surface area contributed by atoms with Crippen LogP contribution in [-0.4, -0.2) is 34.5 Å². The maximum atomic E-state index is 4.82. The van der Waals surface area contributed by atoms with Crippen LogP contribution in [0.25, 0.3) is 0 Å². The summed E-state index contributed by atoms with van der Waals surface area (Å²) in [5.41, 5.74) is 2.99. The quantitative estimate of drug-likeness (QED) is 0.239. The molecule has 0 radical (unpaired) electrons. The van der Waals surface area contributed by atoms with Crippen LogP contribution in [0.2, 0.25) is 65.9 Å². The zero-order valence-corrected chi connectivity index (χ0v) is 29.3. The molecule has 0 amide bonds. The van der Waals surface area contributed by atoms with Crippen molar-refractivity contribution in [1.82, 2.24) is 9.97 Å². The zero-order chi connectivity index (χ0) is 27.4. The summed E-state index contributed by atoms with van der Waals surface area (Å²) in [6.07, 6.45) is 10.1. The topological polar surface area (TPSA) is 25.8 Å². The van der Waals surface area contributed by atoms with Gasteiger partial charge >= 0.3 is 231 Å². The number of nitrogens with zero attached hydrogens (tertiary/aromatic N) is 2. The van der Waals surface area contributed by atoms with Crippen molar-refractivity contribution in [2.45, 2.75) is 123 Å². The molecule has 10 aliphatic heterocycles. The minimum atomic E-state index is -4.11. The van der Waals surface area contributed by atoms with Gasteiger partial charge in [0, 0.05) is 0 Å². The first kappa shape index (κ1) is 22.4. The Hall–Kier alpha value is -0.104. The molecule has 10 aliphatic rings. The molecule has 0 aromatic carbocycles. The number of hydrogen-bond acceptors (Lipinski definition) is 2. The van der Waals surface area contributed by atoms with Crippen molar-refractivity contribution in [2.24, 2.45) is 0 Å². The van der Waals surface area contributed by atoms with E-state index < -0.39 is 14.6 Å². The second-order valence-corrected chi connectivity index (χ2v) is 54.0. The molecular formula is C33H46FeN2P2Si. The van der Waals surface area contributed by atoms with Crippen molar-refractivity contribution < 1.29 is 6.51 Å². The van der Waals surface area contributed by atoms with Gasteiger partial charge < -0.3 is 0 Å². The van der Waals surface area contributed by atoms with Gasteiger partial charge in [0.1, 0.15) is 0 Å². The van der Waals surface area contributed by atoms with Crippen molar-refractivity contribution in [3.05, 3.63) is 60.2 Å². The van der Waals surface area contributed by atoms with Gasteiger partial charge in [0.2, 0.25) is 0 Å². The summed E-state index contributed by atoms with van der Waals surface area (Å²) in [5.74, 6) is 0. The van der Waals surface area contributed by atoms with Gasteiger partial charge in [-0.1, -0.05) is 0 Å². The third-order valence-corrected chi connectivity index (χ3v) is 80.1. The van der Waals surface area contributed by atoms with Gasteiger partial charge in [0.15, 0.2) is 0 Å². The molecule has 0 bridgehead atoms. The van der Waals surface area contributed by atoms with Crippen LogP contribution in [0, 0.1) is 0 Å². The Morgan fingerprint density at radius 3 is 1.62 bits per heavy atom. The molecule has 39 heavy (non-hydrogen) atoms. The van der Waals surface area contributed by atoms with Crippen LogP contribution in [0.5, 0.6) is 0 Å². The van der Waals surface area contributed by atoms with Gasteiger partial charge in [-0.2, -0.15) is 0 Å². The van der Waals surface area contributed by atoms with E-state index in [4.69, 9.17) is 9.97 Å². The van der Waals surface area contributed by atoms with E-state index in [-0.39, 0.29) is 13.1 Å². The van der Waals surface area contributed by atoms with Gasteiger partial charge in [-0.3, -0.25) is 0 Å². The average Bonchev–Trinajstić information content (AvgIpc) is 3.80. The fraction of sp³-hybridized carbons (Fsp3) is 0.697. The van der Waals surface area contributed by atoms with E-state index >= 15 is 0 Å². The van der Waals surface area contributed by atoms with Crippen LogP contribution in [0.1, 0.15) is 52.7 Å². The SMILES string of the molecule is CC(C)(C)P(C[C]12[CH]3[C]4([Si](C)(C)C)[CH]5[C]1(C(P)(c1cccnc1)c1cccnc1)[Fe]35241678[CH]2[CH]1[CH]6[CH]7[CH]28)C(C)(C)C. The summed E-state index contributed by atoms with van der Waals surface area (Å²) >= 11 is 0. The summed E-state index contributed by atoms with van der Waals surface area (Å²) < 4.78 is 2.20. The van der Waals surface area contributed by atoms with Gasteiger partial charge in [-0.15, -0.1) is 0 Å². The Balaban J connectivity index is 1.24. The van der Waals surface area contributed by atoms with Crippen LogP contribution >= 0.6 is 17.2 Å². The molecule has 2 aromatic rings. The molecule has 2 aromatic heterocycles. The van der Waals surface area contributed by atoms with Gasteiger partial charge in [-0.25, -0.2) is 0 Å². The van der Waals surface area contributed by atoms with E-state index in [2.05, 4.69) is 107 Å². The fourth-order valence-electron chi connectivity index (χ4n) is 24.5. The molecular weight excluding hydrogens is 570 g/mol. The Morgan fingerprint density at radius 2 is 1.28 bits per heavy atom. The summed E-state index contributed by atoms with van der Waals surface area (Å²) in [5, 5.41) is 0.784. The number of aromatic nitrogens is 2. The molecule has 6 heteroatoms. The molecule has 1 spiro atoms. The summed E-state index contributed by atoms with van der Waals surface area (Å²) in [6.45, 7) is 20.1. The average molecular weight is 617 g/mol. The molecule has 12 rings (SSSR count). The first-order chi connectivity index (χ1) is 17.9. The standard InChI is InChI=1S/C28H41N2P2Si.C5H5.Fe/c1-26(2,3)32(27(4,5)6)20-21-16-24(33(7,8)9)17-25(21)28(31,22-12-10-14-29-18-22)23-13-11-15-30-19-23;1-2-4-5-3-1;/h10-19H,20,31H2,1-9H3;1-5H;. The molecule has 6 unspecified atom stereocenters. The monoisotopic (exact) mass is 616 g/mol. The Morgan fingerprint density at radius 1 is 0.821 bits per heavy atom. The third-order valence-electron chi connectivity index (χ3n) is 21.2. The Bertz CT molecular complexity index is 1920. The van der Waals surface area contributed by atoms with E-state index in [0.29, 0.717) is 14.6 Å². The molecule has 12 heterocycles. The predicted molar refractivity (Wildman–Crippen MR) is 168 cm³/mol. The number of hydrogen-bond donors (Lipinski definition) is 0. The summed E-state index contributed by atoms with van der Waals surface area (Å²) in [4.78, 5) is 18.3. The van der Waals surface area contributed by atoms with Crippen molar-refractivity contribution in [2.75, 3.05) is 6.16 Å². The molecule has 10 fully saturated rings. The molecule has 10 saturated heterocycles. The van der Waals surface area contributed by atoms with E-state index in [9.17, 15) is 0 Å². The number of pyridine rings is 2. The normalized spacial score (nSPS) is 64.3. The minimum absolute atomic E-state index is 0.0107. The van der Waals surface area contributed by atoms with Gasteiger partial charge in [0.25, 0.3) is 0 Å². The van der Waals surface area contributed by atoms with Crippen LogP contribution in [-0.2, 0) is 11.7 Å². The molecule has 210 valence electrons. The van der Waals surface area contributed by atoms with Gasteiger partial charge in [-0.05, 0) is 0 Å². The third kappa shape index (κ3) is 0.532. The molecule has 0 N–H and O–H groups in total. The molecule has 6 atom stereocenters. The Labute approximate surface area is 230 Å². The van der Waals surface area contributed by atoms with Crippen molar-refractivity contribution >= 4 is 25.2 Å². The predicted octanol–water partition coefficient (Wildman–Crippen LogP) is 10.1. The number of fused-ring (bicyclic) bond motifs is 10. The molecule has 0 aliphatic carbocycles. The summed E-state index contributed by atoms with van der Waals surface area (Å²) in [7, 11) is 2.23. The van der Waals surface area contributed by atoms with Crippen molar-refractivity contribution in [1.29, 1.82) is 0 Å². The van der Waals surface area contributed by atoms with E-state index in [1.165, 1.54) is 40.0 Å². The van der Waals surface area contributed by atoms with Crippen LogP contribution in [0.4, 0.5) is 0 Å². The van der Waals surface area contributed by atoms with Crippen LogP contribution in [0.15, 0.2) is 49.1 Å². The second-order valence-electron chi connectivity index (χ2n) is 20.5. The maximum absolute atomic E-state index is 4.82. The molecule has 0 saturated carbocycles. The molecule has 2 nitrogen and oxygen atoms in total. The van der Waals surface area contributed by atoms with E-state index in [1.807, 2.05) is 12.4 Å². The van der Waals surface area contributed by atoms with Crippen LogP contribution in [0.3, 0.4) is 0 Å². The van der Waals surface area contributed by atoms with E-state index in [1.54, 1.807) is 6.16 Å². The van der Waals surface area contributed by atoms with Crippen LogP contribution < -0.4 is 0 Å². The first-order valence-corrected chi connectivity index (χ1v) is 27.2. The Kier molecular flexibility index (Phi) is 1.81. The van der Waals surface area contributed by atoms with Crippen molar-refractivity contribution in [3.8, 4) is 0 Å². The summed E-state index contributed by atoms with van der Waals surface area (Å²) in [6, 6.07) is 9.38. The van der Waals surface area contributed by atoms with E-state index in [0.717, 1.165) is 13.1 Å². The number of rotatable bonds is 6. The second kappa shape index (κ2) is 3.15. The first-order valence-electron chi connectivity index (χ1n) is 15.5. The van der Waals surface area contributed by atoms with Crippen molar-refractivity contribution in [3.63, 3.8) is 0 Å². The van der Waals surface area contributed by atoms with Gasteiger partial charge in [0.05, 0.1) is 0 Å². The fourth-order valence-corrected chi connectivity index (χ4v) is 140.